The third-order valence-corrected chi connectivity index (χ3v) is 18.6. The number of H-pyrrole nitrogens is 1. The standard InChI is InChI=1S/C66H103N17O16S/c1-9-35(6)52(69)66-81-48(32-100-66)63(97)76-43(26-34(4)5)59(93)74-42(22-23-50(85)86)58(92)83-53(36(7)10-2)64(98)75-40-20-15-16-25-71-55(89)46(29-49(68)84)78-62(96)47(30-51(87)88)79-61(95)45(28-39-31-70-33-72-39)77-60(94)44(27-38-18-13-12-14-19-38)80-65(99)54(37(8)11-3)82-57(91)41(21-17-24-67)73-56(40)90/h12-14,18-19,31,33-37,40-48,52-54H,9-11,15-17,20-30,32,67,69H2,1-8H3,(H2,68,84)(H,70,72)(H,71,89)(H,73,90)(H,74,93)(H,75,98)(H,76,97)(H,77,94)(H,78,96)(H,79,95)(H,80,99)(H,82,91)(H,83,92)(H,85,86)(H,87,88)/t35-,36-,37-,40-,41+,42-,43-,44+,45+,46+,47+,48-,52-,53+,54+/m0/s1. The van der Waals surface area contributed by atoms with E-state index in [2.05, 4.69) is 73.4 Å². The Kier molecular flexibility index (Phi) is 35.1. The molecule has 33 nitrogen and oxygen atoms in total. The van der Waals surface area contributed by atoms with Crippen molar-refractivity contribution in [3.8, 4) is 0 Å². The molecule has 2 aliphatic rings. The van der Waals surface area contributed by atoms with Gasteiger partial charge in [-0.25, -0.2) is 4.98 Å². The molecule has 3 heterocycles. The van der Waals surface area contributed by atoms with Crippen molar-refractivity contribution in [1.29, 1.82) is 0 Å². The van der Waals surface area contributed by atoms with Gasteiger partial charge in [0.05, 0.1) is 30.3 Å². The number of aromatic amines is 1. The predicted octanol–water partition coefficient (Wildman–Crippen LogP) is -1.68. The summed E-state index contributed by atoms with van der Waals surface area (Å²) in [5, 5.41) is 49.1. The number of imidazole rings is 1. The van der Waals surface area contributed by atoms with Crippen LogP contribution in [0.15, 0.2) is 47.8 Å². The summed E-state index contributed by atoms with van der Waals surface area (Å²) >= 11 is 1.35. The summed E-state index contributed by atoms with van der Waals surface area (Å²) in [4.78, 5) is 207. The van der Waals surface area contributed by atoms with Gasteiger partial charge in [-0.3, -0.25) is 72.1 Å². The van der Waals surface area contributed by atoms with Crippen LogP contribution in [0.25, 0.3) is 0 Å². The van der Waals surface area contributed by atoms with Crippen LogP contribution in [-0.2, 0) is 80.0 Å². The molecule has 0 aliphatic carbocycles. The Labute approximate surface area is 586 Å². The second kappa shape index (κ2) is 42.1. The number of carbonyl (C=O) groups is 14. The molecule has 34 heteroatoms. The number of rotatable bonds is 31. The van der Waals surface area contributed by atoms with Crippen molar-refractivity contribution >= 4 is 99.6 Å². The highest BCUT2D eigenvalue weighted by molar-refractivity contribution is 8.14. The van der Waals surface area contributed by atoms with Gasteiger partial charge in [-0.1, -0.05) is 105 Å². The molecule has 0 radical (unpaired) electrons. The number of carboxylic acids is 2. The molecule has 12 amide bonds. The van der Waals surface area contributed by atoms with Crippen molar-refractivity contribution < 1.29 is 77.3 Å². The molecule has 554 valence electrons. The van der Waals surface area contributed by atoms with Gasteiger partial charge in [-0.15, -0.1) is 11.8 Å². The number of aromatic nitrogens is 2. The number of nitrogens with two attached hydrogens (primary N) is 3. The van der Waals surface area contributed by atoms with E-state index in [4.69, 9.17) is 17.2 Å². The highest BCUT2D eigenvalue weighted by Gasteiger charge is 2.40. The Morgan fingerprint density at radius 3 is 1.85 bits per heavy atom. The van der Waals surface area contributed by atoms with E-state index in [9.17, 15) is 77.3 Å². The van der Waals surface area contributed by atoms with Gasteiger partial charge >= 0.3 is 11.9 Å². The van der Waals surface area contributed by atoms with Crippen molar-refractivity contribution in [3.05, 3.63) is 54.1 Å². The molecule has 4 rings (SSSR count). The van der Waals surface area contributed by atoms with Crippen LogP contribution in [0.4, 0.5) is 0 Å². The first-order valence-electron chi connectivity index (χ1n) is 34.1. The van der Waals surface area contributed by atoms with Gasteiger partial charge in [-0.2, -0.15) is 0 Å². The molecule has 100 heavy (non-hydrogen) atoms. The second-order valence-corrected chi connectivity index (χ2v) is 27.0. The monoisotopic (exact) mass is 1420 g/mol. The van der Waals surface area contributed by atoms with Crippen LogP contribution in [0, 0.1) is 23.7 Å². The lowest BCUT2D eigenvalue weighted by Crippen LogP contribution is -2.62. The van der Waals surface area contributed by atoms with Crippen molar-refractivity contribution in [1.82, 2.24) is 68.5 Å². The number of nitrogens with zero attached hydrogens (tertiary/aromatic N) is 2. The third kappa shape index (κ3) is 27.6. The fourth-order valence-electron chi connectivity index (χ4n) is 10.9. The minimum atomic E-state index is -1.94. The van der Waals surface area contributed by atoms with Gasteiger partial charge in [0.25, 0.3) is 0 Å². The van der Waals surface area contributed by atoms with Crippen LogP contribution in [0.5, 0.6) is 0 Å². The lowest BCUT2D eigenvalue weighted by Gasteiger charge is -2.30. The van der Waals surface area contributed by atoms with Gasteiger partial charge < -0.3 is 90.9 Å². The maximum absolute atomic E-state index is 14.9. The average molecular weight is 1420 g/mol. The summed E-state index contributed by atoms with van der Waals surface area (Å²) in [6.45, 7) is 14.1. The first kappa shape index (κ1) is 83.4. The highest BCUT2D eigenvalue weighted by atomic mass is 32.2. The zero-order chi connectivity index (χ0) is 74.3. The van der Waals surface area contributed by atoms with E-state index in [0.29, 0.717) is 16.3 Å². The van der Waals surface area contributed by atoms with Crippen molar-refractivity contribution in [2.75, 3.05) is 18.8 Å². The Morgan fingerprint density at radius 2 is 1.26 bits per heavy atom. The number of carbonyl (C=O) groups excluding carboxylic acids is 12. The summed E-state index contributed by atoms with van der Waals surface area (Å²) in [6.07, 6.45) is 0.368. The quantitative estimate of drug-likeness (QED) is 0.0401. The molecule has 2 aliphatic heterocycles. The zero-order valence-corrected chi connectivity index (χ0v) is 59.0. The summed E-state index contributed by atoms with van der Waals surface area (Å²) in [6, 6.07) is -8.34. The van der Waals surface area contributed by atoms with Gasteiger partial charge in [0, 0.05) is 43.5 Å². The second-order valence-electron chi connectivity index (χ2n) is 26.0. The number of amides is 12. The molecule has 1 aromatic heterocycles. The lowest BCUT2D eigenvalue weighted by atomic mass is 9.96. The molecule has 0 bridgehead atoms. The molecule has 1 fully saturated rings. The first-order valence-corrected chi connectivity index (χ1v) is 35.1. The number of hydrogen-bond acceptors (Lipinski definition) is 19. The summed E-state index contributed by atoms with van der Waals surface area (Å²) in [5.74, 6) is -15.4. The highest BCUT2D eigenvalue weighted by Crippen LogP contribution is 2.25. The Balaban J connectivity index is 1.77. The maximum Gasteiger partial charge on any atom is 0.305 e. The number of nitrogens with one attached hydrogen (secondary N) is 12. The number of benzene rings is 1. The van der Waals surface area contributed by atoms with E-state index < -0.39 is 193 Å². The van der Waals surface area contributed by atoms with Gasteiger partial charge in [-0.05, 0) is 80.7 Å². The molecule has 20 N–H and O–H groups in total. The minimum Gasteiger partial charge on any atom is -0.481 e. The van der Waals surface area contributed by atoms with E-state index in [1.807, 2.05) is 27.7 Å². The van der Waals surface area contributed by atoms with Crippen LogP contribution in [-0.4, -0.2) is 199 Å². The largest absolute Gasteiger partial charge is 0.481 e. The predicted molar refractivity (Wildman–Crippen MR) is 369 cm³/mol. The van der Waals surface area contributed by atoms with Crippen LogP contribution in [0.2, 0.25) is 0 Å². The summed E-state index contributed by atoms with van der Waals surface area (Å²) in [7, 11) is 0. The van der Waals surface area contributed by atoms with Crippen molar-refractivity contribution in [2.24, 2.45) is 45.9 Å². The van der Waals surface area contributed by atoms with Crippen molar-refractivity contribution in [2.45, 2.75) is 224 Å². The number of hydrogen-bond donors (Lipinski definition) is 17. The van der Waals surface area contributed by atoms with E-state index in [0.717, 1.165) is 6.42 Å². The topological polar surface area (TPSA) is 531 Å². The lowest BCUT2D eigenvalue weighted by molar-refractivity contribution is -0.142. The molecule has 15 atom stereocenters. The number of aliphatic imine (C=N–C) groups is 1. The molecule has 1 saturated heterocycles. The first-order chi connectivity index (χ1) is 47.4. The molecule has 1 aromatic carbocycles. The van der Waals surface area contributed by atoms with Crippen LogP contribution in [0.1, 0.15) is 150 Å². The van der Waals surface area contributed by atoms with Gasteiger partial charge in [0.1, 0.15) is 66.5 Å². The molecular formula is C66H103N17O16S. The average Bonchev–Trinajstić information content (AvgIpc) is 1.37. The smallest absolute Gasteiger partial charge is 0.305 e. The number of thioether (sulfide) groups is 1. The SMILES string of the molecule is CC[C@H](C)[C@H](N)C1=N[C@H](C(=O)N[C@@H](CC(C)C)C(=O)N[C@@H](CCC(=O)O)C(=O)N[C@@H](C(=O)N[C@H]2CCCCNC(=O)[C@@H](CC(N)=O)NC(=O)[C@@H](CC(=O)O)NC(=O)[C@@H](Cc3cnc[nH]3)NC(=O)[C@@H](Cc3ccccc3)NC(=O)[C@@H]([C@@H](C)CC)NC(=O)[C@@H](CCCN)NC2=O)[C@@H](C)CC)CS1. The van der Waals surface area contributed by atoms with E-state index in [-0.39, 0.29) is 94.9 Å². The molecule has 2 aromatic rings. The maximum atomic E-state index is 14.9. The molecular weight excluding hydrogens is 1320 g/mol. The number of primary amides is 1. The Bertz CT molecular complexity index is 3160. The molecule has 0 spiro atoms. The third-order valence-electron chi connectivity index (χ3n) is 17.5. The minimum absolute atomic E-state index is 0.00117. The van der Waals surface area contributed by atoms with Crippen LogP contribution in [0.3, 0.4) is 0 Å². The van der Waals surface area contributed by atoms with Crippen LogP contribution < -0.4 is 75.7 Å². The summed E-state index contributed by atoms with van der Waals surface area (Å²) in [5.41, 5.74) is 18.7. The van der Waals surface area contributed by atoms with Gasteiger partial charge in [0.2, 0.25) is 70.9 Å². The van der Waals surface area contributed by atoms with Gasteiger partial charge in [0.15, 0.2) is 0 Å². The number of carboxylic acid groups (broad SMARTS) is 2. The molecule has 0 saturated carbocycles. The Morgan fingerprint density at radius 1 is 0.660 bits per heavy atom. The fourth-order valence-corrected chi connectivity index (χ4v) is 12.0. The van der Waals surface area contributed by atoms with Crippen LogP contribution >= 0.6 is 11.8 Å². The normalized spacial score (nSPS) is 23.1. The van der Waals surface area contributed by atoms with E-state index in [1.54, 1.807) is 58.0 Å². The zero-order valence-electron chi connectivity index (χ0n) is 58.2. The van der Waals surface area contributed by atoms with E-state index >= 15 is 0 Å². The Hall–Kier alpha value is -9.05. The van der Waals surface area contributed by atoms with Crippen molar-refractivity contribution in [3.63, 3.8) is 0 Å². The molecule has 0 unspecified atom stereocenters. The number of aliphatic carboxylic acids is 2. The van der Waals surface area contributed by atoms with E-state index in [1.165, 1.54) is 24.3 Å². The fraction of sp³-hybridized carbons (Fsp3) is 0.636. The summed E-state index contributed by atoms with van der Waals surface area (Å²) < 4.78 is 0.